The van der Waals surface area contributed by atoms with Crippen molar-refractivity contribution in [2.45, 2.75) is 31.0 Å². The first kappa shape index (κ1) is 17.3. The van der Waals surface area contributed by atoms with Crippen molar-refractivity contribution in [2.75, 3.05) is 18.5 Å². The fourth-order valence-electron chi connectivity index (χ4n) is 3.04. The highest BCUT2D eigenvalue weighted by Gasteiger charge is 2.44. The molecule has 0 amide bonds. The van der Waals surface area contributed by atoms with Gasteiger partial charge in [0.15, 0.2) is 23.2 Å². The molecule has 1 aliphatic heterocycles. The van der Waals surface area contributed by atoms with Crippen LogP contribution >= 0.6 is 11.3 Å². The Morgan fingerprint density at radius 1 is 1.23 bits per heavy atom. The summed E-state index contributed by atoms with van der Waals surface area (Å²) >= 11 is 1.70. The molecule has 138 valence electrons. The van der Waals surface area contributed by atoms with E-state index in [9.17, 15) is 15.3 Å². The van der Waals surface area contributed by atoms with Gasteiger partial charge < -0.3 is 25.4 Å². The Bertz CT molecular complexity index is 871. The summed E-state index contributed by atoms with van der Waals surface area (Å²) in [5.41, 5.74) is 1.03. The number of aliphatic hydroxyl groups excluding tert-OH is 3. The first-order valence-electron chi connectivity index (χ1n) is 8.25. The second kappa shape index (κ2) is 7.25. The number of ether oxygens (including phenoxy) is 1. The predicted octanol–water partition coefficient (Wildman–Crippen LogP) is 0.154. The van der Waals surface area contributed by atoms with E-state index in [-0.39, 0.29) is 6.61 Å². The van der Waals surface area contributed by atoms with Crippen LogP contribution in [0.25, 0.3) is 11.2 Å². The maximum absolute atomic E-state index is 10.2. The van der Waals surface area contributed by atoms with Crippen LogP contribution in [0.2, 0.25) is 0 Å². The molecule has 3 aromatic rings. The van der Waals surface area contributed by atoms with Crippen LogP contribution < -0.4 is 5.32 Å². The zero-order valence-electron chi connectivity index (χ0n) is 13.8. The fraction of sp³-hybridized carbons (Fsp3) is 0.438. The van der Waals surface area contributed by atoms with E-state index in [0.717, 1.165) is 6.42 Å². The first-order valence-corrected chi connectivity index (χ1v) is 9.13. The third-order valence-corrected chi connectivity index (χ3v) is 5.33. The van der Waals surface area contributed by atoms with Crippen molar-refractivity contribution in [3.63, 3.8) is 0 Å². The molecule has 26 heavy (non-hydrogen) atoms. The molecule has 4 N–H and O–H groups in total. The summed E-state index contributed by atoms with van der Waals surface area (Å²) < 4.78 is 7.10. The SMILES string of the molecule is OCC1OC(n2cnc3c(NCCc4cccs4)ncnc32)C(O)C1O. The molecule has 4 heterocycles. The molecule has 10 heteroatoms. The van der Waals surface area contributed by atoms with Crippen LogP contribution in [0, 0.1) is 0 Å². The van der Waals surface area contributed by atoms with Crippen LogP contribution in [0.3, 0.4) is 0 Å². The highest BCUT2D eigenvalue weighted by atomic mass is 32.1. The van der Waals surface area contributed by atoms with Crippen molar-refractivity contribution in [3.05, 3.63) is 35.0 Å². The summed E-state index contributed by atoms with van der Waals surface area (Å²) in [4.78, 5) is 14.1. The Morgan fingerprint density at radius 3 is 2.85 bits per heavy atom. The lowest BCUT2D eigenvalue weighted by atomic mass is 10.1. The average Bonchev–Trinajstić information content (AvgIpc) is 3.37. The average molecular weight is 377 g/mol. The lowest BCUT2D eigenvalue weighted by Crippen LogP contribution is -2.33. The number of nitrogens with zero attached hydrogens (tertiary/aromatic N) is 4. The minimum atomic E-state index is -1.19. The molecular formula is C16H19N5O4S. The smallest absolute Gasteiger partial charge is 0.167 e. The van der Waals surface area contributed by atoms with Crippen LogP contribution in [-0.2, 0) is 11.2 Å². The molecular weight excluding hydrogens is 358 g/mol. The molecule has 0 radical (unpaired) electrons. The molecule has 4 atom stereocenters. The quantitative estimate of drug-likeness (QED) is 0.478. The van der Waals surface area contributed by atoms with Gasteiger partial charge in [-0.1, -0.05) is 6.07 Å². The third kappa shape index (κ3) is 3.06. The Morgan fingerprint density at radius 2 is 2.12 bits per heavy atom. The summed E-state index contributed by atoms with van der Waals surface area (Å²) in [7, 11) is 0. The molecule has 0 bridgehead atoms. The predicted molar refractivity (Wildman–Crippen MR) is 94.8 cm³/mol. The zero-order chi connectivity index (χ0) is 18.1. The molecule has 3 aromatic heterocycles. The highest BCUT2D eigenvalue weighted by molar-refractivity contribution is 7.09. The van der Waals surface area contributed by atoms with Crippen molar-refractivity contribution in [1.82, 2.24) is 19.5 Å². The van der Waals surface area contributed by atoms with Crippen molar-refractivity contribution >= 4 is 28.3 Å². The van der Waals surface area contributed by atoms with Gasteiger partial charge in [-0.3, -0.25) is 4.57 Å². The monoisotopic (exact) mass is 377 g/mol. The summed E-state index contributed by atoms with van der Waals surface area (Å²) in [6.45, 7) is 0.319. The molecule has 0 spiro atoms. The van der Waals surface area contributed by atoms with E-state index in [1.54, 1.807) is 15.9 Å². The largest absolute Gasteiger partial charge is 0.394 e. The first-order chi connectivity index (χ1) is 12.7. The number of anilines is 1. The Hall–Kier alpha value is -2.11. The number of aliphatic hydroxyl groups is 3. The number of fused-ring (bicyclic) bond motifs is 1. The molecule has 9 nitrogen and oxygen atoms in total. The van der Waals surface area contributed by atoms with Gasteiger partial charge in [-0.2, -0.15) is 0 Å². The number of aromatic nitrogens is 4. The van der Waals surface area contributed by atoms with Crippen LogP contribution in [0.4, 0.5) is 5.82 Å². The molecule has 1 saturated heterocycles. The normalized spacial score (nSPS) is 25.8. The van der Waals surface area contributed by atoms with Crippen LogP contribution in [0.15, 0.2) is 30.2 Å². The Kier molecular flexibility index (Phi) is 4.83. The standard InChI is InChI=1S/C16H19N5O4S/c22-6-10-12(23)13(24)16(25-10)21-8-20-11-14(18-7-19-15(11)21)17-4-3-9-2-1-5-26-9/h1-2,5,7-8,10,12-13,16,22-24H,3-4,6H2,(H,17,18,19). The van der Waals surface area contributed by atoms with E-state index in [2.05, 4.69) is 26.3 Å². The molecule has 4 rings (SSSR count). The minimum Gasteiger partial charge on any atom is -0.394 e. The van der Waals surface area contributed by atoms with Gasteiger partial charge in [-0.15, -0.1) is 11.3 Å². The Labute approximate surface area is 152 Å². The van der Waals surface area contributed by atoms with Crippen molar-refractivity contribution in [1.29, 1.82) is 0 Å². The van der Waals surface area contributed by atoms with Crippen LogP contribution in [0.1, 0.15) is 11.1 Å². The molecule has 0 aromatic carbocycles. The number of nitrogens with one attached hydrogen (secondary N) is 1. The van der Waals surface area contributed by atoms with Crippen LogP contribution in [0.5, 0.6) is 0 Å². The topological polar surface area (TPSA) is 126 Å². The number of imidazole rings is 1. The van der Waals surface area contributed by atoms with E-state index in [1.165, 1.54) is 17.5 Å². The summed E-state index contributed by atoms with van der Waals surface area (Å²) in [5, 5.41) is 34.7. The summed E-state index contributed by atoms with van der Waals surface area (Å²) in [6, 6.07) is 4.10. The van der Waals surface area contributed by atoms with Gasteiger partial charge in [0, 0.05) is 11.4 Å². The lowest BCUT2D eigenvalue weighted by Gasteiger charge is -2.16. The number of hydrogen-bond acceptors (Lipinski definition) is 9. The number of rotatable bonds is 6. The molecule has 0 aliphatic carbocycles. The van der Waals surface area contributed by atoms with E-state index < -0.39 is 24.5 Å². The van der Waals surface area contributed by atoms with Crippen molar-refractivity contribution < 1.29 is 20.1 Å². The number of hydrogen-bond donors (Lipinski definition) is 4. The van der Waals surface area contributed by atoms with E-state index >= 15 is 0 Å². The minimum absolute atomic E-state index is 0.383. The maximum Gasteiger partial charge on any atom is 0.167 e. The second-order valence-electron chi connectivity index (χ2n) is 6.03. The second-order valence-corrected chi connectivity index (χ2v) is 7.06. The third-order valence-electron chi connectivity index (χ3n) is 4.39. The number of thiophene rings is 1. The van der Waals surface area contributed by atoms with Gasteiger partial charge in [0.25, 0.3) is 0 Å². The molecule has 1 aliphatic rings. The summed E-state index contributed by atoms with van der Waals surface area (Å²) in [5.74, 6) is 0.594. The fourth-order valence-corrected chi connectivity index (χ4v) is 3.75. The highest BCUT2D eigenvalue weighted by Crippen LogP contribution is 2.32. The van der Waals surface area contributed by atoms with Gasteiger partial charge in [-0.25, -0.2) is 15.0 Å². The molecule has 1 fully saturated rings. The van der Waals surface area contributed by atoms with Gasteiger partial charge in [0.1, 0.15) is 24.6 Å². The lowest BCUT2D eigenvalue weighted by molar-refractivity contribution is -0.0511. The van der Waals surface area contributed by atoms with E-state index in [1.807, 2.05) is 11.4 Å². The van der Waals surface area contributed by atoms with Gasteiger partial charge >= 0.3 is 0 Å². The van der Waals surface area contributed by atoms with Gasteiger partial charge in [0.05, 0.1) is 12.9 Å². The molecule has 0 saturated carbocycles. The van der Waals surface area contributed by atoms with Gasteiger partial charge in [0.2, 0.25) is 0 Å². The Balaban J connectivity index is 1.55. The van der Waals surface area contributed by atoms with E-state index in [4.69, 9.17) is 4.74 Å². The molecule has 4 unspecified atom stereocenters. The van der Waals surface area contributed by atoms with E-state index in [0.29, 0.717) is 23.5 Å². The summed E-state index contributed by atoms with van der Waals surface area (Å²) in [6.07, 6.45) is -0.306. The van der Waals surface area contributed by atoms with Gasteiger partial charge in [-0.05, 0) is 17.9 Å². The zero-order valence-corrected chi connectivity index (χ0v) is 14.6. The van der Waals surface area contributed by atoms with Crippen molar-refractivity contribution in [2.24, 2.45) is 0 Å². The van der Waals surface area contributed by atoms with Crippen LogP contribution in [-0.4, -0.2) is 66.3 Å². The van der Waals surface area contributed by atoms with Crippen molar-refractivity contribution in [3.8, 4) is 0 Å². The maximum atomic E-state index is 10.2.